The number of fused-ring (bicyclic) bond motifs is 7. The Morgan fingerprint density at radius 1 is 0.554 bits per heavy atom. The SMILES string of the molecule is CC(CC[C@@]1(O)OC2CC3C4CC[C@H]5CC(O[C@@H]6O[C@H](CO)[C@@H](O[C@@H]7O[C@@H](C)[C@H](O)[C@@H](O)[C@H]7O)[C@H](O)[C@H]6O[C@@H]6O[C@@H](CO)[C@H](O)[C@@H](O)[C@H]6O)CC[C@]5(C)C4CC[C@]3(C)C2C1C)CO[C@@H]1O[C@H](CO)[C@@H](O)[C@H](O)[C@H]1O. The second kappa shape index (κ2) is 22.6. The van der Waals surface area contributed by atoms with Gasteiger partial charge in [-0.1, -0.05) is 27.7 Å². The van der Waals surface area contributed by atoms with Crippen molar-refractivity contribution in [2.45, 2.75) is 240 Å². The molecule has 5 saturated heterocycles. The van der Waals surface area contributed by atoms with Gasteiger partial charge < -0.3 is 114 Å². The van der Waals surface area contributed by atoms with Crippen LogP contribution in [0.15, 0.2) is 0 Å². The summed E-state index contributed by atoms with van der Waals surface area (Å²) in [4.78, 5) is 0. The second-order valence-electron chi connectivity index (χ2n) is 24.3. The fourth-order valence-electron chi connectivity index (χ4n) is 15.6. The maximum absolute atomic E-state index is 12.1. The third-order valence-electron chi connectivity index (χ3n) is 20.1. The van der Waals surface area contributed by atoms with Crippen molar-refractivity contribution in [3.63, 3.8) is 0 Å². The molecule has 4 aliphatic carbocycles. The number of hydrogen-bond acceptors (Lipinski definition) is 23. The molecule has 23 nitrogen and oxygen atoms in total. The van der Waals surface area contributed by atoms with Crippen LogP contribution in [0, 0.1) is 52.3 Å². The standard InChI is InChI=1S/C51H86O23/c1-20(19-66-45-39(61)37(59)34(56)29(16-52)69-45)8-13-51(65)21(2)32-28(74-51)15-27-25-7-6-23-14-24(9-11-49(23,4)26(25)10-12-50(27,32)5)68-48-44(73-47-41(63)38(60)35(57)30(17-53)70-47)42(64)43(31(18-54)71-48)72-46-40(62)36(58)33(55)22(3)67-46/h20-48,52-65H,6-19H2,1-5H3/t20?,21?,22-,23-,24?,25?,26?,27?,28?,29+,30-,31+,32?,33-,34+,35-,36+,37-,38+,39+,40+,41+,42-,43+,44+,45+,46-,47-,48+,49-,50-,51+/m0/s1. The normalized spacial score (nSPS) is 56.0. The molecule has 74 heavy (non-hydrogen) atoms. The Balaban J connectivity index is 0.835. The van der Waals surface area contributed by atoms with Crippen LogP contribution in [0.1, 0.15) is 98.8 Å². The van der Waals surface area contributed by atoms with E-state index in [9.17, 15) is 71.5 Å². The van der Waals surface area contributed by atoms with Crippen molar-refractivity contribution in [2.75, 3.05) is 26.4 Å². The molecule has 4 saturated carbocycles. The van der Waals surface area contributed by atoms with E-state index in [1.54, 1.807) is 0 Å². The number of rotatable bonds is 15. The Morgan fingerprint density at radius 3 is 1.77 bits per heavy atom. The number of aliphatic hydroxyl groups excluding tert-OH is 13. The van der Waals surface area contributed by atoms with Crippen LogP contribution in [0.5, 0.6) is 0 Å². The van der Waals surface area contributed by atoms with Gasteiger partial charge in [-0.2, -0.15) is 0 Å². The van der Waals surface area contributed by atoms with Gasteiger partial charge in [0.2, 0.25) is 0 Å². The molecule has 0 amide bonds. The van der Waals surface area contributed by atoms with Gasteiger partial charge >= 0.3 is 0 Å². The quantitative estimate of drug-likeness (QED) is 0.0730. The highest BCUT2D eigenvalue weighted by atomic mass is 16.8. The van der Waals surface area contributed by atoms with Crippen molar-refractivity contribution in [1.29, 1.82) is 0 Å². The van der Waals surface area contributed by atoms with E-state index < -0.39 is 155 Å². The van der Waals surface area contributed by atoms with Gasteiger partial charge in [0.15, 0.2) is 30.9 Å². The van der Waals surface area contributed by atoms with E-state index in [4.69, 9.17) is 42.6 Å². The number of hydrogen-bond donors (Lipinski definition) is 14. The van der Waals surface area contributed by atoms with E-state index in [-0.39, 0.29) is 47.2 Å². The summed E-state index contributed by atoms with van der Waals surface area (Å²) in [5, 5.41) is 149. The van der Waals surface area contributed by atoms with Crippen LogP contribution in [0.2, 0.25) is 0 Å². The van der Waals surface area contributed by atoms with Crippen LogP contribution in [-0.2, 0) is 42.6 Å². The lowest BCUT2D eigenvalue weighted by Crippen LogP contribution is -2.67. The Morgan fingerprint density at radius 2 is 1.12 bits per heavy atom. The third-order valence-corrected chi connectivity index (χ3v) is 20.1. The minimum Gasteiger partial charge on any atom is -0.394 e. The Hall–Kier alpha value is -0.920. The van der Waals surface area contributed by atoms with Gasteiger partial charge in [-0.05, 0) is 111 Å². The monoisotopic (exact) mass is 1070 g/mol. The maximum Gasteiger partial charge on any atom is 0.187 e. The first-order valence-electron chi connectivity index (χ1n) is 27.2. The Kier molecular flexibility index (Phi) is 17.6. The van der Waals surface area contributed by atoms with E-state index in [0.29, 0.717) is 43.4 Å². The molecule has 428 valence electrons. The minimum atomic E-state index is -1.85. The van der Waals surface area contributed by atoms with E-state index in [1.165, 1.54) is 6.92 Å². The summed E-state index contributed by atoms with van der Waals surface area (Å²) in [6, 6.07) is 0. The molecule has 0 aromatic heterocycles. The fourth-order valence-corrected chi connectivity index (χ4v) is 15.6. The molecule has 0 aromatic carbocycles. The molecule has 14 N–H and O–H groups in total. The molecule has 32 atom stereocenters. The van der Waals surface area contributed by atoms with Crippen LogP contribution in [-0.4, -0.2) is 239 Å². The highest BCUT2D eigenvalue weighted by Gasteiger charge is 2.68. The van der Waals surface area contributed by atoms with E-state index >= 15 is 0 Å². The average molecular weight is 1070 g/mol. The van der Waals surface area contributed by atoms with Gasteiger partial charge in [-0.25, -0.2) is 0 Å². The summed E-state index contributed by atoms with van der Waals surface area (Å²) in [6.07, 6.45) is -22.8. The highest BCUT2D eigenvalue weighted by Crippen LogP contribution is 2.71. The summed E-state index contributed by atoms with van der Waals surface area (Å²) in [7, 11) is 0. The van der Waals surface area contributed by atoms with Crippen molar-refractivity contribution < 1.29 is 114 Å². The van der Waals surface area contributed by atoms with Crippen LogP contribution < -0.4 is 0 Å². The molecular formula is C51H86O23. The smallest absolute Gasteiger partial charge is 0.187 e. The van der Waals surface area contributed by atoms with Crippen molar-refractivity contribution in [3.05, 3.63) is 0 Å². The molecule has 8 unspecified atom stereocenters. The Bertz CT molecular complexity index is 1850. The van der Waals surface area contributed by atoms with Gasteiger partial charge in [-0.15, -0.1) is 0 Å². The number of ether oxygens (including phenoxy) is 9. The molecule has 9 rings (SSSR count). The molecule has 5 aliphatic heterocycles. The summed E-state index contributed by atoms with van der Waals surface area (Å²) in [5.74, 6) is 0.175. The lowest BCUT2D eigenvalue weighted by atomic mass is 9.44. The van der Waals surface area contributed by atoms with Gasteiger partial charge in [0.1, 0.15) is 91.6 Å². The first-order valence-corrected chi connectivity index (χ1v) is 27.2. The van der Waals surface area contributed by atoms with E-state index in [1.807, 2.05) is 6.92 Å². The van der Waals surface area contributed by atoms with Gasteiger partial charge in [0, 0.05) is 12.3 Å². The van der Waals surface area contributed by atoms with Gasteiger partial charge in [0.25, 0.3) is 0 Å². The van der Waals surface area contributed by atoms with Crippen LogP contribution in [0.3, 0.4) is 0 Å². The van der Waals surface area contributed by atoms with Crippen molar-refractivity contribution in [2.24, 2.45) is 52.3 Å². The fraction of sp³-hybridized carbons (Fsp3) is 1.00. The van der Waals surface area contributed by atoms with Gasteiger partial charge in [0.05, 0.1) is 44.7 Å². The highest BCUT2D eigenvalue weighted by molar-refractivity contribution is 5.15. The molecule has 0 aromatic rings. The summed E-state index contributed by atoms with van der Waals surface area (Å²) in [6.45, 7) is 8.47. The first-order chi connectivity index (χ1) is 35.0. The largest absolute Gasteiger partial charge is 0.394 e. The molecule has 0 spiro atoms. The molecule has 9 aliphatic rings. The summed E-state index contributed by atoms with van der Waals surface area (Å²) in [5.41, 5.74) is -0.0673. The van der Waals surface area contributed by atoms with Gasteiger partial charge in [-0.3, -0.25) is 0 Å². The summed E-state index contributed by atoms with van der Waals surface area (Å²) < 4.78 is 54.5. The summed E-state index contributed by atoms with van der Waals surface area (Å²) >= 11 is 0. The average Bonchev–Trinajstić information content (AvgIpc) is 3.82. The zero-order chi connectivity index (χ0) is 53.5. The lowest BCUT2D eigenvalue weighted by Gasteiger charge is -2.61. The minimum absolute atomic E-state index is 0.0231. The molecule has 0 bridgehead atoms. The molecule has 0 radical (unpaired) electrons. The Labute approximate surface area is 431 Å². The maximum atomic E-state index is 12.1. The van der Waals surface area contributed by atoms with Crippen molar-refractivity contribution in [1.82, 2.24) is 0 Å². The molecule has 23 heteroatoms. The lowest BCUT2D eigenvalue weighted by molar-refractivity contribution is -0.391. The van der Waals surface area contributed by atoms with Crippen LogP contribution >= 0.6 is 0 Å². The second-order valence-corrected chi connectivity index (χ2v) is 24.3. The zero-order valence-corrected chi connectivity index (χ0v) is 43.1. The van der Waals surface area contributed by atoms with Crippen LogP contribution in [0.4, 0.5) is 0 Å². The molecule has 9 fully saturated rings. The predicted octanol–water partition coefficient (Wildman–Crippen LogP) is -2.93. The number of aliphatic hydroxyl groups is 14. The van der Waals surface area contributed by atoms with Crippen molar-refractivity contribution >= 4 is 0 Å². The van der Waals surface area contributed by atoms with E-state index in [0.717, 1.165) is 38.5 Å². The topological polar surface area (TPSA) is 366 Å². The van der Waals surface area contributed by atoms with E-state index in [2.05, 4.69) is 20.8 Å². The first kappa shape index (κ1) is 57.8. The molecular weight excluding hydrogens is 981 g/mol. The predicted molar refractivity (Wildman–Crippen MR) is 250 cm³/mol. The zero-order valence-electron chi connectivity index (χ0n) is 43.1. The van der Waals surface area contributed by atoms with Crippen molar-refractivity contribution in [3.8, 4) is 0 Å². The third kappa shape index (κ3) is 10.3. The van der Waals surface area contributed by atoms with Crippen LogP contribution in [0.25, 0.3) is 0 Å². The molecule has 5 heterocycles.